The minimum atomic E-state index is 0. The molecule has 0 heterocycles. The largest absolute Gasteiger partial charge is 3.00 e. The average molecular weight is 294 g/mol. The predicted octanol–water partition coefficient (Wildman–Crippen LogP) is -0.240. The van der Waals surface area contributed by atoms with Crippen molar-refractivity contribution >= 4 is 0 Å². The van der Waals surface area contributed by atoms with E-state index in [1.807, 2.05) is 0 Å². The summed E-state index contributed by atoms with van der Waals surface area (Å²) in [5.74, 6) is 0. The maximum absolute atomic E-state index is 0. The van der Waals surface area contributed by atoms with Gasteiger partial charge < -0.3 is 11.0 Å². The fourth-order valence-electron chi connectivity index (χ4n) is 0. The van der Waals surface area contributed by atoms with Gasteiger partial charge in [-0.2, -0.15) is 0 Å². The Balaban J connectivity index is 0. The van der Waals surface area contributed by atoms with Crippen LogP contribution >= 0.6 is 0 Å². The average Bonchev–Trinajstić information content (AvgIpc) is 0. The maximum Gasteiger partial charge on any atom is 3.00 e. The first-order valence-electron chi connectivity index (χ1n) is 0. The normalized spacial score (nSPS) is 0. The topological polar surface area (TPSA) is 57.0 Å². The van der Waals surface area contributed by atoms with Crippen molar-refractivity contribution in [3.05, 3.63) is 0 Å². The third kappa shape index (κ3) is 8.82. The Morgan fingerprint density at radius 3 is 0.750 bits per heavy atom. The molecule has 0 amide bonds. The molecule has 0 aromatic rings. The third-order valence-electron chi connectivity index (χ3n) is 0. The fourth-order valence-corrected chi connectivity index (χ4v) is 0. The van der Waals surface area contributed by atoms with E-state index < -0.39 is 0 Å². The molecule has 0 fully saturated rings. The van der Waals surface area contributed by atoms with Crippen LogP contribution in [0.2, 0.25) is 0 Å². The molecule has 4 heavy (non-hydrogen) atoms. The molecule has 1 radical (unpaired) electrons. The van der Waals surface area contributed by atoms with Crippen LogP contribution < -0.4 is 0 Å². The van der Waals surface area contributed by atoms with Crippen LogP contribution in [0, 0.1) is 46.9 Å². The van der Waals surface area contributed by atoms with Crippen LogP contribution in [0.5, 0.6) is 0 Å². The first-order chi connectivity index (χ1) is 0. The Hall–Kier alpha value is 2.54. The van der Waals surface area contributed by atoms with Crippen molar-refractivity contribution < 1.29 is 90.6 Å². The Morgan fingerprint density at radius 2 is 0.750 bits per heavy atom. The van der Waals surface area contributed by atoms with Gasteiger partial charge >= 0.3 is 79.6 Å². The molecule has 0 bridgehead atoms. The molecule has 0 aliphatic heterocycles. The number of hydrogen-bond acceptors (Lipinski definition) is 0. The van der Waals surface area contributed by atoms with Crippen LogP contribution in [0.15, 0.2) is 0 Å². The van der Waals surface area contributed by atoms with Crippen LogP contribution in [0.1, 0.15) is 0 Å². The molecule has 0 unspecified atom stereocenters. The molecule has 0 saturated heterocycles. The smallest absolute Gasteiger partial charge is 2.00 e. The van der Waals surface area contributed by atoms with Gasteiger partial charge in [-0.15, -0.1) is 0 Å². The van der Waals surface area contributed by atoms with Crippen LogP contribution in [-0.2, 0) is 43.7 Å². The Kier molecular flexibility index (Phi) is 137. The standard InChI is InChI=1S/2O.Y.Yb/q2*-2;2*+3. The summed E-state index contributed by atoms with van der Waals surface area (Å²) in [5.41, 5.74) is 0. The van der Waals surface area contributed by atoms with Crippen molar-refractivity contribution in [2.75, 3.05) is 0 Å². The minimum Gasteiger partial charge on any atom is -2.00 e. The summed E-state index contributed by atoms with van der Waals surface area (Å²) in [6.45, 7) is 0. The van der Waals surface area contributed by atoms with Crippen molar-refractivity contribution in [1.29, 1.82) is 0 Å². The molecule has 0 rings (SSSR count). The molecule has 0 aromatic heterocycles. The van der Waals surface area contributed by atoms with Gasteiger partial charge in [-0.1, -0.05) is 0 Å². The van der Waals surface area contributed by atoms with Crippen molar-refractivity contribution in [2.45, 2.75) is 0 Å². The molecule has 0 saturated carbocycles. The number of hydrogen-bond donors (Lipinski definition) is 0. The molecule has 0 aromatic carbocycles. The first-order valence-corrected chi connectivity index (χ1v) is 0. The molecule has 27 valence electrons. The summed E-state index contributed by atoms with van der Waals surface area (Å²) in [7, 11) is 0. The molecule has 4 heteroatoms. The van der Waals surface area contributed by atoms with Crippen molar-refractivity contribution in [3.63, 3.8) is 0 Å². The zero-order valence-corrected chi connectivity index (χ0v) is 6.21. The van der Waals surface area contributed by atoms with Gasteiger partial charge in [0.05, 0.1) is 0 Å². The molecule has 0 aliphatic carbocycles. The molecular weight excluding hydrogens is 294 g/mol. The molecule has 0 N–H and O–H groups in total. The second-order valence-electron chi connectivity index (χ2n) is 0. The Morgan fingerprint density at radius 1 is 0.750 bits per heavy atom. The third-order valence-corrected chi connectivity index (χ3v) is 0. The predicted molar refractivity (Wildman–Crippen MR) is 1.37 cm³/mol. The van der Waals surface area contributed by atoms with Crippen LogP contribution in [0.4, 0.5) is 0 Å². The van der Waals surface area contributed by atoms with E-state index in [2.05, 4.69) is 0 Å². The second-order valence-corrected chi connectivity index (χ2v) is 0. The van der Waals surface area contributed by atoms with E-state index in [-0.39, 0.29) is 90.6 Å². The summed E-state index contributed by atoms with van der Waals surface area (Å²) in [4.78, 5) is 0. The zero-order valence-electron chi connectivity index (χ0n) is 1.66. The quantitative estimate of drug-likeness (QED) is 0.592. The van der Waals surface area contributed by atoms with Crippen LogP contribution in [0.25, 0.3) is 0 Å². The van der Waals surface area contributed by atoms with Crippen LogP contribution in [0.3, 0.4) is 0 Å². The van der Waals surface area contributed by atoms with Crippen molar-refractivity contribution in [3.8, 4) is 0 Å². The minimum absolute atomic E-state index is 0. The van der Waals surface area contributed by atoms with Gasteiger partial charge in [-0.05, 0) is 0 Å². The zero-order chi connectivity index (χ0) is 0. The van der Waals surface area contributed by atoms with Crippen molar-refractivity contribution in [2.24, 2.45) is 0 Å². The van der Waals surface area contributed by atoms with Gasteiger partial charge in [0.2, 0.25) is 0 Å². The van der Waals surface area contributed by atoms with E-state index in [1.165, 1.54) is 0 Å². The summed E-state index contributed by atoms with van der Waals surface area (Å²) < 4.78 is 0. The summed E-state index contributed by atoms with van der Waals surface area (Å²) in [6, 6.07) is 0. The first kappa shape index (κ1) is 31.1. The molecule has 0 aliphatic rings. The van der Waals surface area contributed by atoms with Gasteiger partial charge in [0, 0.05) is 0 Å². The fraction of sp³-hybridized carbons (Fsp3) is 0. The SMILES string of the molecule is [O-2].[O-2].[Y+3].[Yb+3]. The summed E-state index contributed by atoms with van der Waals surface area (Å²) >= 11 is 0. The Labute approximate surface area is 88.5 Å². The number of rotatable bonds is 0. The van der Waals surface area contributed by atoms with Gasteiger partial charge in [-0.3, -0.25) is 0 Å². The van der Waals surface area contributed by atoms with Gasteiger partial charge in [0.25, 0.3) is 0 Å². The molecule has 0 spiro atoms. The van der Waals surface area contributed by atoms with E-state index in [1.54, 1.807) is 0 Å². The van der Waals surface area contributed by atoms with Crippen molar-refractivity contribution in [1.82, 2.24) is 0 Å². The maximum atomic E-state index is 0. The second kappa shape index (κ2) is 17.7. The monoisotopic (exact) mass is 295 g/mol. The van der Waals surface area contributed by atoms with E-state index >= 15 is 0 Å². The van der Waals surface area contributed by atoms with Gasteiger partial charge in [0.15, 0.2) is 0 Å². The van der Waals surface area contributed by atoms with Crippen LogP contribution in [-0.4, -0.2) is 0 Å². The molecule has 0 atom stereocenters. The Bertz CT molecular complexity index is 6.00. The van der Waals surface area contributed by atoms with Gasteiger partial charge in [0.1, 0.15) is 0 Å². The van der Waals surface area contributed by atoms with E-state index in [0.29, 0.717) is 0 Å². The van der Waals surface area contributed by atoms with E-state index in [9.17, 15) is 0 Å². The summed E-state index contributed by atoms with van der Waals surface area (Å²) in [5, 5.41) is 0. The van der Waals surface area contributed by atoms with E-state index in [0.717, 1.165) is 0 Å². The van der Waals surface area contributed by atoms with E-state index in [4.69, 9.17) is 0 Å². The molecular formula is O2YYb+2. The van der Waals surface area contributed by atoms with Gasteiger partial charge in [-0.25, -0.2) is 0 Å². The summed E-state index contributed by atoms with van der Waals surface area (Å²) in [6.07, 6.45) is 0. The molecule has 2 nitrogen and oxygen atoms in total.